The molecule has 1 aliphatic carbocycles. The van der Waals surface area contributed by atoms with E-state index >= 15 is 0 Å². The van der Waals surface area contributed by atoms with Gasteiger partial charge in [-0.2, -0.15) is 0 Å². The van der Waals surface area contributed by atoms with Gasteiger partial charge in [-0.1, -0.05) is 32.6 Å². The van der Waals surface area contributed by atoms with Crippen LogP contribution in [0.3, 0.4) is 0 Å². The van der Waals surface area contributed by atoms with E-state index < -0.39 is 13.8 Å². The molecule has 1 rings (SSSR count). The zero-order valence-corrected chi connectivity index (χ0v) is 9.62. The Hall–Kier alpha value is 0.240. The van der Waals surface area contributed by atoms with Crippen LogP contribution in [-0.2, 0) is 9.05 Å². The first-order valence-corrected chi connectivity index (χ1v) is 7.27. The monoisotopic (exact) mass is 224 g/mol. The SMILES string of the molecule is CCCCCCC1(S(=O)(=O)Cl)CC1. The summed E-state index contributed by atoms with van der Waals surface area (Å²) in [4.78, 5) is 0. The fraction of sp³-hybridized carbons (Fsp3) is 1.00. The molecule has 0 radical (unpaired) electrons. The molecule has 0 spiro atoms. The van der Waals surface area contributed by atoms with Crippen molar-refractivity contribution in [3.05, 3.63) is 0 Å². The van der Waals surface area contributed by atoms with Crippen molar-refractivity contribution in [1.29, 1.82) is 0 Å². The summed E-state index contributed by atoms with van der Waals surface area (Å²) in [6.45, 7) is 2.14. The maximum Gasteiger partial charge on any atom is 0.238 e. The van der Waals surface area contributed by atoms with E-state index in [9.17, 15) is 8.42 Å². The Morgan fingerprint density at radius 2 is 1.85 bits per heavy atom. The van der Waals surface area contributed by atoms with E-state index in [1.807, 2.05) is 0 Å². The summed E-state index contributed by atoms with van der Waals surface area (Å²) in [6, 6.07) is 0. The van der Waals surface area contributed by atoms with Crippen LogP contribution in [0.15, 0.2) is 0 Å². The lowest BCUT2D eigenvalue weighted by Gasteiger charge is -2.09. The number of rotatable bonds is 6. The van der Waals surface area contributed by atoms with Gasteiger partial charge in [0, 0.05) is 10.7 Å². The quantitative estimate of drug-likeness (QED) is 0.513. The highest BCUT2D eigenvalue weighted by molar-refractivity contribution is 8.15. The molecule has 0 unspecified atom stereocenters. The topological polar surface area (TPSA) is 34.1 Å². The van der Waals surface area contributed by atoms with Crippen molar-refractivity contribution in [2.24, 2.45) is 0 Å². The van der Waals surface area contributed by atoms with Crippen molar-refractivity contribution in [3.8, 4) is 0 Å². The molecule has 1 saturated carbocycles. The molecule has 0 aromatic carbocycles. The minimum Gasteiger partial charge on any atom is -0.212 e. The second-order valence-electron chi connectivity index (χ2n) is 3.93. The number of hydrogen-bond donors (Lipinski definition) is 0. The summed E-state index contributed by atoms with van der Waals surface area (Å²) in [5.41, 5.74) is 0. The van der Waals surface area contributed by atoms with Gasteiger partial charge in [0.1, 0.15) is 0 Å². The van der Waals surface area contributed by atoms with Crippen LogP contribution in [0, 0.1) is 0 Å². The van der Waals surface area contributed by atoms with E-state index in [0.717, 1.165) is 32.1 Å². The molecule has 0 heterocycles. The van der Waals surface area contributed by atoms with Crippen LogP contribution < -0.4 is 0 Å². The third-order valence-corrected chi connectivity index (χ3v) is 5.44. The fourth-order valence-electron chi connectivity index (χ4n) is 1.63. The second-order valence-corrected chi connectivity index (χ2v) is 6.89. The molecule has 0 saturated heterocycles. The zero-order chi connectivity index (χ0) is 9.95. The Kier molecular flexibility index (Phi) is 3.64. The Bertz CT molecular complexity index is 255. The smallest absolute Gasteiger partial charge is 0.212 e. The van der Waals surface area contributed by atoms with E-state index in [2.05, 4.69) is 6.92 Å². The van der Waals surface area contributed by atoms with Crippen LogP contribution in [0.1, 0.15) is 51.9 Å². The predicted octanol–water partition coefficient (Wildman–Crippen LogP) is 3.06. The van der Waals surface area contributed by atoms with Gasteiger partial charge in [-0.15, -0.1) is 0 Å². The molecular weight excluding hydrogens is 208 g/mol. The molecule has 13 heavy (non-hydrogen) atoms. The van der Waals surface area contributed by atoms with Crippen LogP contribution >= 0.6 is 10.7 Å². The molecule has 0 aliphatic heterocycles. The molecule has 0 bridgehead atoms. The van der Waals surface area contributed by atoms with Crippen LogP contribution in [0.5, 0.6) is 0 Å². The first kappa shape index (κ1) is 11.3. The molecular formula is C9H17ClO2S. The van der Waals surface area contributed by atoms with Gasteiger partial charge in [0.15, 0.2) is 0 Å². The van der Waals surface area contributed by atoms with Gasteiger partial charge >= 0.3 is 0 Å². The average molecular weight is 225 g/mol. The minimum atomic E-state index is -3.31. The molecule has 1 fully saturated rings. The standard InChI is InChI=1S/C9H17ClO2S/c1-2-3-4-5-6-9(7-8-9)13(10,11)12/h2-8H2,1H3. The third-order valence-electron chi connectivity index (χ3n) is 2.81. The molecule has 0 amide bonds. The van der Waals surface area contributed by atoms with E-state index in [0.29, 0.717) is 0 Å². The number of unbranched alkanes of at least 4 members (excludes halogenated alkanes) is 3. The van der Waals surface area contributed by atoms with Gasteiger partial charge in [0.05, 0.1) is 4.75 Å². The van der Waals surface area contributed by atoms with Crippen LogP contribution in [0.25, 0.3) is 0 Å². The maximum absolute atomic E-state index is 11.1. The summed E-state index contributed by atoms with van der Waals surface area (Å²) >= 11 is 0. The molecule has 1 aliphatic rings. The highest BCUT2D eigenvalue weighted by Crippen LogP contribution is 2.49. The summed E-state index contributed by atoms with van der Waals surface area (Å²) in [5, 5.41) is 0. The van der Waals surface area contributed by atoms with Gasteiger partial charge in [-0.25, -0.2) is 8.42 Å². The minimum absolute atomic E-state index is 0.525. The average Bonchev–Trinajstić information content (AvgIpc) is 2.77. The maximum atomic E-state index is 11.1. The normalized spacial score (nSPS) is 20.2. The molecule has 0 N–H and O–H groups in total. The van der Waals surface area contributed by atoms with Gasteiger partial charge < -0.3 is 0 Å². The van der Waals surface area contributed by atoms with Crippen LogP contribution in [0.2, 0.25) is 0 Å². The summed E-state index contributed by atoms with van der Waals surface area (Å²) in [6.07, 6.45) is 6.80. The van der Waals surface area contributed by atoms with Gasteiger partial charge in [-0.3, -0.25) is 0 Å². The largest absolute Gasteiger partial charge is 0.238 e. The van der Waals surface area contributed by atoms with E-state index in [1.54, 1.807) is 0 Å². The lowest BCUT2D eigenvalue weighted by molar-refractivity contribution is 0.561. The van der Waals surface area contributed by atoms with Crippen molar-refractivity contribution >= 4 is 19.7 Å². The van der Waals surface area contributed by atoms with Gasteiger partial charge in [0.2, 0.25) is 9.05 Å². The fourth-order valence-corrected chi connectivity index (χ4v) is 3.30. The molecule has 0 aromatic rings. The van der Waals surface area contributed by atoms with Crippen molar-refractivity contribution < 1.29 is 8.42 Å². The first-order valence-electron chi connectivity index (χ1n) is 4.96. The first-order chi connectivity index (χ1) is 6.02. The Morgan fingerprint density at radius 1 is 1.23 bits per heavy atom. The van der Waals surface area contributed by atoms with E-state index in [-0.39, 0.29) is 0 Å². The van der Waals surface area contributed by atoms with Crippen molar-refractivity contribution in [3.63, 3.8) is 0 Å². The Morgan fingerprint density at radius 3 is 2.23 bits per heavy atom. The summed E-state index contributed by atoms with van der Waals surface area (Å²) in [7, 11) is 2.07. The van der Waals surface area contributed by atoms with Gasteiger partial charge in [-0.05, 0) is 19.3 Å². The van der Waals surface area contributed by atoms with E-state index in [1.165, 1.54) is 12.8 Å². The van der Waals surface area contributed by atoms with Crippen LogP contribution in [0.4, 0.5) is 0 Å². The Balaban J connectivity index is 2.29. The summed E-state index contributed by atoms with van der Waals surface area (Å²) in [5.74, 6) is 0. The second kappa shape index (κ2) is 4.18. The molecule has 2 nitrogen and oxygen atoms in total. The lowest BCUT2D eigenvalue weighted by Crippen LogP contribution is -2.17. The van der Waals surface area contributed by atoms with Gasteiger partial charge in [0.25, 0.3) is 0 Å². The molecule has 0 atom stereocenters. The molecule has 4 heteroatoms. The predicted molar refractivity (Wildman–Crippen MR) is 55.5 cm³/mol. The summed E-state index contributed by atoms with van der Waals surface area (Å²) < 4.78 is 21.8. The lowest BCUT2D eigenvalue weighted by atomic mass is 10.1. The highest BCUT2D eigenvalue weighted by atomic mass is 35.7. The van der Waals surface area contributed by atoms with Crippen molar-refractivity contribution in [2.45, 2.75) is 56.6 Å². The highest BCUT2D eigenvalue weighted by Gasteiger charge is 2.52. The van der Waals surface area contributed by atoms with E-state index in [4.69, 9.17) is 10.7 Å². The molecule has 78 valence electrons. The van der Waals surface area contributed by atoms with Crippen molar-refractivity contribution in [2.75, 3.05) is 0 Å². The molecule has 0 aromatic heterocycles. The van der Waals surface area contributed by atoms with Crippen LogP contribution in [-0.4, -0.2) is 13.2 Å². The zero-order valence-electron chi connectivity index (χ0n) is 8.05. The number of hydrogen-bond acceptors (Lipinski definition) is 2. The number of halogens is 1. The van der Waals surface area contributed by atoms with Crippen molar-refractivity contribution in [1.82, 2.24) is 0 Å². The third kappa shape index (κ3) is 2.84. The Labute approximate surface area is 85.1 Å².